The van der Waals surface area contributed by atoms with Gasteiger partial charge in [0, 0.05) is 16.5 Å². The third kappa shape index (κ3) is 5.02. The van der Waals surface area contributed by atoms with Crippen molar-refractivity contribution < 1.29 is 19.0 Å². The summed E-state index contributed by atoms with van der Waals surface area (Å²) >= 11 is 1.54. The van der Waals surface area contributed by atoms with Crippen molar-refractivity contribution in [2.45, 2.75) is 32.1 Å². The third-order valence-electron chi connectivity index (χ3n) is 5.34. The highest BCUT2D eigenvalue weighted by Crippen LogP contribution is 2.44. The number of esters is 1. The Kier molecular flexibility index (Phi) is 6.96. The van der Waals surface area contributed by atoms with E-state index >= 15 is 0 Å². The van der Waals surface area contributed by atoms with Crippen LogP contribution >= 0.6 is 11.3 Å². The summed E-state index contributed by atoms with van der Waals surface area (Å²) in [6, 6.07) is 18.1. The zero-order valence-corrected chi connectivity index (χ0v) is 19.1. The van der Waals surface area contributed by atoms with Crippen LogP contribution in [0.15, 0.2) is 71.4 Å². The molecule has 2 N–H and O–H groups in total. The molecular formula is C26H24N2O4S. The number of fused-ring (bicyclic) bond motifs is 1. The van der Waals surface area contributed by atoms with Gasteiger partial charge in [-0.05, 0) is 48.2 Å². The van der Waals surface area contributed by atoms with Crippen molar-refractivity contribution in [1.29, 1.82) is 5.26 Å². The Balaban J connectivity index is 1.48. The van der Waals surface area contributed by atoms with Gasteiger partial charge < -0.3 is 19.9 Å². The number of nitrogens with two attached hydrogens (primary N) is 1. The van der Waals surface area contributed by atoms with Crippen molar-refractivity contribution in [1.82, 2.24) is 0 Å². The quantitative estimate of drug-likeness (QED) is 0.261. The van der Waals surface area contributed by atoms with Crippen LogP contribution in [0.25, 0.3) is 0 Å². The number of hydrogen-bond acceptors (Lipinski definition) is 7. The number of benzene rings is 2. The standard InChI is InChI=1S/C26H24N2O4S/c1-2-3-4-13-30-18-9-7-17(8-10-18)26(29)31-19-11-12-20-22(15-19)32-25(28)21(16-27)24(20)23-6-5-14-33-23/h5-12,14-15,24H,2-4,13,28H2,1H3. The molecular weight excluding hydrogens is 436 g/mol. The summed E-state index contributed by atoms with van der Waals surface area (Å²) < 4.78 is 16.9. The molecule has 33 heavy (non-hydrogen) atoms. The summed E-state index contributed by atoms with van der Waals surface area (Å²) in [6.45, 7) is 2.80. The second-order valence-electron chi connectivity index (χ2n) is 7.61. The second kappa shape index (κ2) is 10.2. The first-order valence-electron chi connectivity index (χ1n) is 10.8. The van der Waals surface area contributed by atoms with Gasteiger partial charge in [0.1, 0.15) is 28.9 Å². The maximum absolute atomic E-state index is 12.6. The van der Waals surface area contributed by atoms with Crippen molar-refractivity contribution in [2.24, 2.45) is 5.73 Å². The number of hydrogen-bond donors (Lipinski definition) is 1. The second-order valence-corrected chi connectivity index (χ2v) is 8.59. The maximum atomic E-state index is 12.6. The van der Waals surface area contributed by atoms with E-state index in [0.29, 0.717) is 29.2 Å². The molecule has 4 rings (SSSR count). The predicted molar refractivity (Wildman–Crippen MR) is 126 cm³/mol. The number of nitrogens with zero attached hydrogens (tertiary/aromatic N) is 1. The zero-order chi connectivity index (χ0) is 23.2. The van der Waals surface area contributed by atoms with Gasteiger partial charge >= 0.3 is 5.97 Å². The van der Waals surface area contributed by atoms with Crippen LogP contribution in [0.2, 0.25) is 0 Å². The Labute approximate surface area is 196 Å². The van der Waals surface area contributed by atoms with E-state index in [9.17, 15) is 10.1 Å². The number of nitriles is 1. The average Bonchev–Trinajstić information content (AvgIpc) is 3.36. The van der Waals surface area contributed by atoms with Crippen LogP contribution in [0.5, 0.6) is 17.2 Å². The molecule has 1 aliphatic rings. The Morgan fingerprint density at radius 3 is 2.64 bits per heavy atom. The molecule has 1 aliphatic heterocycles. The van der Waals surface area contributed by atoms with Crippen molar-refractivity contribution in [2.75, 3.05) is 6.61 Å². The molecule has 0 fully saturated rings. The molecule has 0 saturated carbocycles. The zero-order valence-electron chi connectivity index (χ0n) is 18.2. The number of allylic oxidation sites excluding steroid dienone is 1. The largest absolute Gasteiger partial charge is 0.494 e. The van der Waals surface area contributed by atoms with Crippen molar-refractivity contribution in [3.05, 3.63) is 87.4 Å². The molecule has 6 nitrogen and oxygen atoms in total. The van der Waals surface area contributed by atoms with E-state index in [-0.39, 0.29) is 11.8 Å². The van der Waals surface area contributed by atoms with Gasteiger partial charge in [-0.1, -0.05) is 31.9 Å². The number of carbonyl (C=O) groups is 1. The monoisotopic (exact) mass is 460 g/mol. The highest BCUT2D eigenvalue weighted by atomic mass is 32.1. The van der Waals surface area contributed by atoms with Gasteiger partial charge in [-0.2, -0.15) is 5.26 Å². The van der Waals surface area contributed by atoms with Crippen LogP contribution in [0.4, 0.5) is 0 Å². The molecule has 7 heteroatoms. The first kappa shape index (κ1) is 22.4. The van der Waals surface area contributed by atoms with Gasteiger partial charge in [-0.15, -0.1) is 11.3 Å². The molecule has 1 unspecified atom stereocenters. The molecule has 3 aromatic rings. The van der Waals surface area contributed by atoms with Gasteiger partial charge in [0.15, 0.2) is 0 Å². The van der Waals surface area contributed by atoms with E-state index in [1.54, 1.807) is 53.8 Å². The Morgan fingerprint density at radius 2 is 1.94 bits per heavy atom. The van der Waals surface area contributed by atoms with Gasteiger partial charge in [0.25, 0.3) is 0 Å². The third-order valence-corrected chi connectivity index (χ3v) is 6.27. The van der Waals surface area contributed by atoms with Crippen LogP contribution in [0, 0.1) is 11.3 Å². The van der Waals surface area contributed by atoms with E-state index in [4.69, 9.17) is 19.9 Å². The summed E-state index contributed by atoms with van der Waals surface area (Å²) in [6.07, 6.45) is 3.27. The lowest BCUT2D eigenvalue weighted by atomic mass is 9.88. The van der Waals surface area contributed by atoms with E-state index < -0.39 is 5.97 Å². The van der Waals surface area contributed by atoms with E-state index in [1.165, 1.54) is 0 Å². The smallest absolute Gasteiger partial charge is 0.343 e. The minimum absolute atomic E-state index is 0.0569. The highest BCUT2D eigenvalue weighted by Gasteiger charge is 2.31. The normalized spacial score (nSPS) is 14.7. The van der Waals surface area contributed by atoms with Crippen LogP contribution in [-0.4, -0.2) is 12.6 Å². The molecule has 2 heterocycles. The van der Waals surface area contributed by atoms with Crippen molar-refractivity contribution in [3.63, 3.8) is 0 Å². The van der Waals surface area contributed by atoms with Gasteiger partial charge in [0.2, 0.25) is 5.88 Å². The lowest BCUT2D eigenvalue weighted by Gasteiger charge is -2.25. The van der Waals surface area contributed by atoms with Gasteiger partial charge in [-0.3, -0.25) is 0 Å². The molecule has 2 aromatic carbocycles. The number of carbonyl (C=O) groups excluding carboxylic acids is 1. The number of ether oxygens (including phenoxy) is 3. The Morgan fingerprint density at radius 1 is 1.15 bits per heavy atom. The van der Waals surface area contributed by atoms with Crippen LogP contribution in [0.3, 0.4) is 0 Å². The van der Waals surface area contributed by atoms with E-state index in [2.05, 4.69) is 13.0 Å². The highest BCUT2D eigenvalue weighted by molar-refractivity contribution is 7.10. The molecule has 0 radical (unpaired) electrons. The SMILES string of the molecule is CCCCCOc1ccc(C(=O)Oc2ccc3c(c2)OC(N)=C(C#N)C3c2cccs2)cc1. The summed E-state index contributed by atoms with van der Waals surface area (Å²) in [5.41, 5.74) is 7.61. The van der Waals surface area contributed by atoms with Crippen LogP contribution < -0.4 is 19.9 Å². The molecule has 1 aromatic heterocycles. The first-order valence-corrected chi connectivity index (χ1v) is 11.7. The predicted octanol–water partition coefficient (Wildman–Crippen LogP) is 5.75. The molecule has 0 saturated heterocycles. The van der Waals surface area contributed by atoms with E-state index in [0.717, 1.165) is 35.5 Å². The summed E-state index contributed by atoms with van der Waals surface area (Å²) in [5.74, 6) is 0.775. The number of thiophene rings is 1. The fourth-order valence-electron chi connectivity index (χ4n) is 3.64. The van der Waals surface area contributed by atoms with Crippen molar-refractivity contribution in [3.8, 4) is 23.3 Å². The van der Waals surface area contributed by atoms with Crippen molar-refractivity contribution >= 4 is 17.3 Å². The molecule has 1 atom stereocenters. The lowest BCUT2D eigenvalue weighted by Crippen LogP contribution is -2.20. The van der Waals surface area contributed by atoms with E-state index in [1.807, 2.05) is 17.5 Å². The van der Waals surface area contributed by atoms with Crippen LogP contribution in [-0.2, 0) is 0 Å². The molecule has 0 amide bonds. The number of rotatable bonds is 8. The summed E-state index contributed by atoms with van der Waals surface area (Å²) in [5, 5.41) is 11.6. The molecule has 0 aliphatic carbocycles. The van der Waals surface area contributed by atoms with Crippen LogP contribution in [0.1, 0.15) is 52.9 Å². The first-order chi connectivity index (χ1) is 16.1. The number of unbranched alkanes of at least 4 members (excludes halogenated alkanes) is 2. The fraction of sp³-hybridized carbons (Fsp3) is 0.231. The minimum Gasteiger partial charge on any atom is -0.494 e. The fourth-order valence-corrected chi connectivity index (χ4v) is 4.49. The summed E-state index contributed by atoms with van der Waals surface area (Å²) in [7, 11) is 0. The van der Waals surface area contributed by atoms with Gasteiger partial charge in [0.05, 0.1) is 18.1 Å². The molecule has 168 valence electrons. The minimum atomic E-state index is -0.487. The summed E-state index contributed by atoms with van der Waals surface area (Å²) in [4.78, 5) is 13.6. The van der Waals surface area contributed by atoms with Gasteiger partial charge in [-0.25, -0.2) is 4.79 Å². The lowest BCUT2D eigenvalue weighted by molar-refractivity contribution is 0.0734. The Bertz CT molecular complexity index is 1190. The maximum Gasteiger partial charge on any atom is 0.343 e. The molecule has 0 spiro atoms. The Hall–Kier alpha value is -3.76. The average molecular weight is 461 g/mol. The molecule has 0 bridgehead atoms. The topological polar surface area (TPSA) is 94.6 Å².